The van der Waals surface area contributed by atoms with Crippen LogP contribution in [0.4, 0.5) is 34.1 Å². The van der Waals surface area contributed by atoms with Crippen LogP contribution in [-0.2, 0) is 16.2 Å². The zero-order valence-electron chi connectivity index (χ0n) is 59.2. The second-order valence-electron chi connectivity index (χ2n) is 31.0. The summed E-state index contributed by atoms with van der Waals surface area (Å²) in [6.07, 6.45) is 0. The van der Waals surface area contributed by atoms with Crippen molar-refractivity contribution >= 4 is 79.0 Å². The molecule has 6 aliphatic carbocycles. The quantitative estimate of drug-likeness (QED) is 0.163. The van der Waals surface area contributed by atoms with Crippen LogP contribution in [0.1, 0.15) is 66.8 Å². The van der Waals surface area contributed by atoms with Crippen molar-refractivity contribution in [2.45, 2.75) is 16.2 Å². The summed E-state index contributed by atoms with van der Waals surface area (Å²) in [6.45, 7) is -0.306. The molecule has 0 unspecified atom stereocenters. The standard InChI is InChI=1S/C105H62BN3/c1-2-26-63(27-3-1)64-50-52-65(53-51-64)109-97-62-67(108-93-48-24-13-35-76(93)77-36-14-25-49-94(77)108)61-96-100(97)106(92-58-56-90-99(102(92)109)79-38-12-23-47-88(79)104(90)82-41-17-6-30-70(82)71-31-7-18-42-83(71)104)101-95(59-57-89-98(101)78-37-11-22-46-87(78)103(89)80-39-15-4-28-68(80)69-29-5-16-40-81(69)103)107(96)66-54-55-75-74-34-10-21-45-86(74)105(91(75)60-66)84-43-19-8-32-72(84)73-33-9-20-44-85(73)105/h1-62H. The van der Waals surface area contributed by atoms with Gasteiger partial charge in [-0.25, -0.2) is 0 Å². The van der Waals surface area contributed by atoms with E-state index in [1.807, 2.05) is 0 Å². The molecule has 0 radical (unpaired) electrons. The van der Waals surface area contributed by atoms with Gasteiger partial charge in [0.05, 0.1) is 33.0 Å². The Kier molecular flexibility index (Phi) is 11.2. The zero-order valence-corrected chi connectivity index (χ0v) is 59.2. The van der Waals surface area contributed by atoms with E-state index in [0.717, 1.165) is 39.5 Å². The number of para-hydroxylation sites is 2. The molecule has 0 N–H and O–H groups in total. The van der Waals surface area contributed by atoms with Crippen LogP contribution in [0, 0.1) is 0 Å². The van der Waals surface area contributed by atoms with Crippen molar-refractivity contribution in [3.05, 3.63) is 443 Å². The largest absolute Gasteiger partial charge is 0.311 e. The maximum absolute atomic E-state index is 2.74. The molecule has 500 valence electrons. The average molecular weight is 1380 g/mol. The van der Waals surface area contributed by atoms with Crippen LogP contribution in [0.15, 0.2) is 376 Å². The molecular weight excluding hydrogens is 1310 g/mol. The predicted molar refractivity (Wildman–Crippen MR) is 449 cm³/mol. The van der Waals surface area contributed by atoms with Crippen LogP contribution in [0.3, 0.4) is 0 Å². The molecule has 0 bridgehead atoms. The fourth-order valence-electron chi connectivity index (χ4n) is 22.9. The van der Waals surface area contributed by atoms with Gasteiger partial charge in [0.1, 0.15) is 0 Å². The van der Waals surface area contributed by atoms with Gasteiger partial charge in [-0.3, -0.25) is 0 Å². The Morgan fingerprint density at radius 1 is 0.211 bits per heavy atom. The molecule has 3 nitrogen and oxygen atoms in total. The van der Waals surface area contributed by atoms with Crippen molar-refractivity contribution in [1.29, 1.82) is 0 Å². The second-order valence-corrected chi connectivity index (χ2v) is 31.0. The maximum atomic E-state index is 2.74. The van der Waals surface area contributed by atoms with Gasteiger partial charge in [-0.15, -0.1) is 0 Å². The van der Waals surface area contributed by atoms with Gasteiger partial charge in [0, 0.05) is 50.5 Å². The highest BCUT2D eigenvalue weighted by atomic mass is 15.2. The van der Waals surface area contributed by atoms with E-state index in [1.165, 1.54) is 183 Å². The molecule has 0 amide bonds. The number of rotatable bonds is 4. The lowest BCUT2D eigenvalue weighted by Crippen LogP contribution is -2.62. The number of hydrogen-bond donors (Lipinski definition) is 0. The number of anilines is 6. The van der Waals surface area contributed by atoms with Crippen LogP contribution < -0.4 is 26.2 Å². The summed E-state index contributed by atoms with van der Waals surface area (Å²) in [5, 5.41) is 2.44. The topological polar surface area (TPSA) is 11.4 Å². The fourth-order valence-corrected chi connectivity index (χ4v) is 22.9. The zero-order chi connectivity index (χ0) is 70.7. The third kappa shape index (κ3) is 6.92. The Morgan fingerprint density at radius 3 is 1.06 bits per heavy atom. The van der Waals surface area contributed by atoms with Crippen LogP contribution in [-0.4, -0.2) is 11.3 Å². The van der Waals surface area contributed by atoms with E-state index in [1.54, 1.807) is 0 Å². The summed E-state index contributed by atoms with van der Waals surface area (Å²) in [6, 6.07) is 146. The Labute approximate surface area is 631 Å². The van der Waals surface area contributed by atoms with Gasteiger partial charge in [-0.1, -0.05) is 322 Å². The third-order valence-electron chi connectivity index (χ3n) is 26.6. The van der Waals surface area contributed by atoms with E-state index in [2.05, 4.69) is 390 Å². The molecule has 3 spiro atoms. The second kappa shape index (κ2) is 20.8. The normalized spacial score (nSPS) is 15.0. The molecule has 8 aliphatic rings. The Balaban J connectivity index is 0.848. The van der Waals surface area contributed by atoms with Gasteiger partial charge < -0.3 is 14.4 Å². The number of fused-ring (bicyclic) bond motifs is 39. The minimum atomic E-state index is -0.617. The van der Waals surface area contributed by atoms with E-state index >= 15 is 0 Å². The van der Waals surface area contributed by atoms with Crippen molar-refractivity contribution in [2.75, 3.05) is 9.80 Å². The fraction of sp³-hybridized carbons (Fsp3) is 0.0286. The SMILES string of the molecule is c1ccc(-c2ccc(N3c4cc(-n5c6ccccc6c6ccccc65)cc5c4B(c4ccc6c(c43)-c3ccccc3C63c4ccccc4-c4ccccc43)c3c(ccc4c3-c3ccccc3C43c4ccccc4-c4ccccc43)N5c3ccc4c(c3)C3(c5ccccc5-c5ccccc53)c3ccccc3-4)cc2)cc1. The highest BCUT2D eigenvalue weighted by Gasteiger charge is 2.59. The van der Waals surface area contributed by atoms with Crippen LogP contribution >= 0.6 is 0 Å². The average Bonchev–Trinajstić information content (AvgIpc) is 1.54. The third-order valence-corrected chi connectivity index (χ3v) is 26.6. The summed E-state index contributed by atoms with van der Waals surface area (Å²) in [5.41, 5.74) is 46.0. The first-order valence-corrected chi connectivity index (χ1v) is 38.4. The molecular formula is C105H62BN3. The molecule has 4 heteroatoms. The molecule has 2 aliphatic heterocycles. The summed E-state index contributed by atoms with van der Waals surface area (Å²) >= 11 is 0. The van der Waals surface area contributed by atoms with Gasteiger partial charge in [0.25, 0.3) is 6.71 Å². The van der Waals surface area contributed by atoms with Crippen LogP contribution in [0.2, 0.25) is 0 Å². The van der Waals surface area contributed by atoms with Crippen molar-refractivity contribution in [3.8, 4) is 83.6 Å². The summed E-state index contributed by atoms with van der Waals surface area (Å²) in [5.74, 6) is 0. The highest BCUT2D eigenvalue weighted by Crippen LogP contribution is 2.69. The lowest BCUT2D eigenvalue weighted by Gasteiger charge is -2.46. The molecule has 0 saturated heterocycles. The first kappa shape index (κ1) is 58.5. The van der Waals surface area contributed by atoms with E-state index in [4.69, 9.17) is 0 Å². The number of nitrogens with zero attached hydrogens (tertiary/aromatic N) is 3. The Hall–Kier alpha value is -13.8. The van der Waals surface area contributed by atoms with E-state index in [0.29, 0.717) is 0 Å². The molecule has 3 heterocycles. The van der Waals surface area contributed by atoms with Crippen LogP contribution in [0.25, 0.3) is 105 Å². The van der Waals surface area contributed by atoms with E-state index in [9.17, 15) is 0 Å². The monoisotopic (exact) mass is 1380 g/mol. The van der Waals surface area contributed by atoms with Gasteiger partial charge in [0.2, 0.25) is 0 Å². The molecule has 109 heavy (non-hydrogen) atoms. The van der Waals surface area contributed by atoms with Gasteiger partial charge in [-0.05, 0) is 210 Å². The highest BCUT2D eigenvalue weighted by molar-refractivity contribution is 7.01. The van der Waals surface area contributed by atoms with Gasteiger partial charge in [-0.2, -0.15) is 0 Å². The van der Waals surface area contributed by atoms with E-state index < -0.39 is 16.2 Å². The maximum Gasteiger partial charge on any atom is 0.252 e. The van der Waals surface area contributed by atoms with E-state index in [-0.39, 0.29) is 6.71 Å². The number of hydrogen-bond acceptors (Lipinski definition) is 2. The minimum absolute atomic E-state index is 0.306. The molecule has 17 aromatic carbocycles. The number of benzene rings is 17. The molecule has 0 fully saturated rings. The lowest BCUT2D eigenvalue weighted by molar-refractivity contribution is 0.793. The molecule has 26 rings (SSSR count). The first-order chi connectivity index (χ1) is 54.1. The smallest absolute Gasteiger partial charge is 0.252 e. The van der Waals surface area contributed by atoms with Crippen molar-refractivity contribution in [2.24, 2.45) is 0 Å². The van der Waals surface area contributed by atoms with Crippen molar-refractivity contribution in [3.63, 3.8) is 0 Å². The molecule has 0 saturated carbocycles. The Morgan fingerprint density at radius 2 is 0.569 bits per heavy atom. The summed E-state index contributed by atoms with van der Waals surface area (Å²) in [4.78, 5) is 5.48. The summed E-state index contributed by atoms with van der Waals surface area (Å²) in [7, 11) is 0. The van der Waals surface area contributed by atoms with Crippen molar-refractivity contribution < 1.29 is 0 Å². The Bertz CT molecular complexity index is 6950. The van der Waals surface area contributed by atoms with Crippen molar-refractivity contribution in [1.82, 2.24) is 4.57 Å². The summed E-state index contributed by atoms with van der Waals surface area (Å²) < 4.78 is 2.57. The minimum Gasteiger partial charge on any atom is -0.311 e. The molecule has 18 aromatic rings. The van der Waals surface area contributed by atoms with Gasteiger partial charge in [0.15, 0.2) is 0 Å². The lowest BCUT2D eigenvalue weighted by atomic mass is 9.32. The predicted octanol–water partition coefficient (Wildman–Crippen LogP) is 23.6. The molecule has 1 aromatic heterocycles. The first-order valence-electron chi connectivity index (χ1n) is 38.4. The number of aromatic nitrogens is 1. The van der Waals surface area contributed by atoms with Gasteiger partial charge >= 0.3 is 0 Å². The van der Waals surface area contributed by atoms with Crippen LogP contribution in [0.5, 0.6) is 0 Å². The molecule has 0 atom stereocenters.